The highest BCUT2D eigenvalue weighted by atomic mass is 16.3. The van der Waals surface area contributed by atoms with Crippen LogP contribution < -0.4 is 5.56 Å². The van der Waals surface area contributed by atoms with Crippen molar-refractivity contribution < 1.29 is 4.42 Å². The highest BCUT2D eigenvalue weighted by molar-refractivity contribution is 5.91. The fourth-order valence-corrected chi connectivity index (χ4v) is 1.59. The van der Waals surface area contributed by atoms with Crippen molar-refractivity contribution in [3.05, 3.63) is 41.2 Å². The molecule has 3 aromatic heterocycles. The summed E-state index contributed by atoms with van der Waals surface area (Å²) in [6, 6.07) is 3.54. The van der Waals surface area contributed by atoms with Gasteiger partial charge in [-0.15, -0.1) is 0 Å². The standard InChI is InChI=1S/C10H7N3O2/c14-10-8-7(1-3-11-10)12-13-9(8)6-2-4-15-5-6/h1-5H,(H,11,14)(H,12,13). The molecule has 0 fully saturated rings. The number of hydrogen-bond donors (Lipinski definition) is 2. The Hall–Kier alpha value is -2.30. The molecule has 3 rings (SSSR count). The average Bonchev–Trinajstić information content (AvgIpc) is 2.85. The van der Waals surface area contributed by atoms with Gasteiger partial charge in [-0.25, -0.2) is 0 Å². The summed E-state index contributed by atoms with van der Waals surface area (Å²) in [6.07, 6.45) is 4.69. The second-order valence-electron chi connectivity index (χ2n) is 3.18. The minimum absolute atomic E-state index is 0.155. The van der Waals surface area contributed by atoms with Crippen LogP contribution in [0.25, 0.3) is 22.2 Å². The molecule has 5 heteroatoms. The molecule has 0 atom stereocenters. The maximum atomic E-state index is 11.6. The van der Waals surface area contributed by atoms with Crippen LogP contribution >= 0.6 is 0 Å². The molecule has 0 spiro atoms. The predicted molar refractivity (Wildman–Crippen MR) is 54.4 cm³/mol. The first-order chi connectivity index (χ1) is 7.36. The van der Waals surface area contributed by atoms with Crippen LogP contribution in [0.4, 0.5) is 0 Å². The number of furan rings is 1. The van der Waals surface area contributed by atoms with E-state index in [-0.39, 0.29) is 5.56 Å². The molecule has 15 heavy (non-hydrogen) atoms. The van der Waals surface area contributed by atoms with Crippen LogP contribution in [0.5, 0.6) is 0 Å². The van der Waals surface area contributed by atoms with Crippen molar-refractivity contribution in [1.29, 1.82) is 0 Å². The van der Waals surface area contributed by atoms with Gasteiger partial charge in [-0.1, -0.05) is 0 Å². The number of pyridine rings is 1. The number of aromatic nitrogens is 3. The van der Waals surface area contributed by atoms with Gasteiger partial charge in [0.1, 0.15) is 5.69 Å². The highest BCUT2D eigenvalue weighted by Gasteiger charge is 2.11. The van der Waals surface area contributed by atoms with Crippen molar-refractivity contribution in [3.8, 4) is 11.3 Å². The Morgan fingerprint density at radius 2 is 2.27 bits per heavy atom. The molecule has 0 saturated heterocycles. The molecule has 0 aromatic carbocycles. The third-order valence-corrected chi connectivity index (χ3v) is 2.28. The molecule has 0 aliphatic carbocycles. The summed E-state index contributed by atoms with van der Waals surface area (Å²) in [5.41, 5.74) is 1.96. The van der Waals surface area contributed by atoms with Crippen LogP contribution in [0.15, 0.2) is 40.1 Å². The molecule has 0 unspecified atom stereocenters. The molecule has 0 bridgehead atoms. The van der Waals surface area contributed by atoms with Crippen LogP contribution in [0.2, 0.25) is 0 Å². The molecule has 0 aliphatic rings. The van der Waals surface area contributed by atoms with E-state index in [1.807, 2.05) is 0 Å². The van der Waals surface area contributed by atoms with Crippen LogP contribution in [0.3, 0.4) is 0 Å². The molecule has 0 amide bonds. The van der Waals surface area contributed by atoms with Gasteiger partial charge in [-0.3, -0.25) is 9.89 Å². The van der Waals surface area contributed by atoms with Crippen molar-refractivity contribution in [2.24, 2.45) is 0 Å². The normalized spacial score (nSPS) is 10.9. The van der Waals surface area contributed by atoms with Gasteiger partial charge in [0.15, 0.2) is 0 Å². The third-order valence-electron chi connectivity index (χ3n) is 2.28. The lowest BCUT2D eigenvalue weighted by molar-refractivity contribution is 0.568. The van der Waals surface area contributed by atoms with Gasteiger partial charge in [-0.2, -0.15) is 5.10 Å². The van der Waals surface area contributed by atoms with E-state index in [4.69, 9.17) is 4.42 Å². The smallest absolute Gasteiger partial charge is 0.259 e. The lowest BCUT2D eigenvalue weighted by atomic mass is 10.2. The molecule has 74 valence electrons. The Balaban J connectivity index is 2.43. The molecule has 0 aliphatic heterocycles. The topological polar surface area (TPSA) is 74.7 Å². The fourth-order valence-electron chi connectivity index (χ4n) is 1.59. The van der Waals surface area contributed by atoms with Crippen LogP contribution in [0.1, 0.15) is 0 Å². The Morgan fingerprint density at radius 3 is 3.07 bits per heavy atom. The summed E-state index contributed by atoms with van der Waals surface area (Å²) in [5, 5.41) is 7.45. The molecule has 5 nitrogen and oxygen atoms in total. The zero-order valence-electron chi connectivity index (χ0n) is 7.65. The quantitative estimate of drug-likeness (QED) is 0.626. The monoisotopic (exact) mass is 201 g/mol. The number of fused-ring (bicyclic) bond motifs is 1. The van der Waals surface area contributed by atoms with E-state index in [0.29, 0.717) is 11.1 Å². The summed E-state index contributed by atoms with van der Waals surface area (Å²) in [7, 11) is 0. The van der Waals surface area contributed by atoms with Gasteiger partial charge in [0.2, 0.25) is 0 Å². The van der Waals surface area contributed by atoms with E-state index < -0.39 is 0 Å². The number of aromatic amines is 2. The largest absolute Gasteiger partial charge is 0.472 e. The van der Waals surface area contributed by atoms with E-state index >= 15 is 0 Å². The van der Waals surface area contributed by atoms with E-state index in [9.17, 15) is 4.79 Å². The number of hydrogen-bond acceptors (Lipinski definition) is 3. The Morgan fingerprint density at radius 1 is 1.33 bits per heavy atom. The second-order valence-corrected chi connectivity index (χ2v) is 3.18. The van der Waals surface area contributed by atoms with Crippen molar-refractivity contribution in [3.63, 3.8) is 0 Å². The lowest BCUT2D eigenvalue weighted by Crippen LogP contribution is -2.03. The minimum atomic E-state index is -0.155. The fraction of sp³-hybridized carbons (Fsp3) is 0. The summed E-state index contributed by atoms with van der Waals surface area (Å²) in [4.78, 5) is 14.2. The van der Waals surface area contributed by atoms with Gasteiger partial charge in [0.05, 0.1) is 23.4 Å². The SMILES string of the molecule is O=c1[nH]ccc2[nH]nc(-c3ccoc3)c12. The average molecular weight is 201 g/mol. The van der Waals surface area contributed by atoms with Crippen LogP contribution in [0, 0.1) is 0 Å². The predicted octanol–water partition coefficient (Wildman–Crippen LogP) is 1.51. The van der Waals surface area contributed by atoms with E-state index in [2.05, 4.69) is 15.2 Å². The van der Waals surface area contributed by atoms with Crippen LogP contribution in [-0.4, -0.2) is 15.2 Å². The summed E-state index contributed by atoms with van der Waals surface area (Å²) in [5.74, 6) is 0. The maximum absolute atomic E-state index is 11.6. The minimum Gasteiger partial charge on any atom is -0.472 e. The van der Waals surface area contributed by atoms with E-state index in [0.717, 1.165) is 11.1 Å². The Kier molecular flexibility index (Phi) is 1.53. The first-order valence-electron chi connectivity index (χ1n) is 4.44. The zero-order valence-corrected chi connectivity index (χ0v) is 7.65. The number of nitrogens with one attached hydrogen (secondary N) is 2. The zero-order chi connectivity index (χ0) is 10.3. The van der Waals surface area contributed by atoms with Gasteiger partial charge in [-0.05, 0) is 12.1 Å². The van der Waals surface area contributed by atoms with Crippen molar-refractivity contribution in [1.82, 2.24) is 15.2 Å². The number of rotatable bonds is 1. The summed E-state index contributed by atoms with van der Waals surface area (Å²) < 4.78 is 4.96. The molecule has 0 saturated carbocycles. The van der Waals surface area contributed by atoms with Crippen molar-refractivity contribution in [2.75, 3.05) is 0 Å². The first-order valence-corrected chi connectivity index (χ1v) is 4.44. The van der Waals surface area contributed by atoms with Crippen molar-refractivity contribution >= 4 is 10.9 Å². The first kappa shape index (κ1) is 8.05. The van der Waals surface area contributed by atoms with E-state index in [1.54, 1.807) is 30.9 Å². The lowest BCUT2D eigenvalue weighted by Gasteiger charge is -1.89. The molecule has 3 heterocycles. The van der Waals surface area contributed by atoms with Gasteiger partial charge >= 0.3 is 0 Å². The molecular formula is C10H7N3O2. The second kappa shape index (κ2) is 2.84. The Labute approximate surface area is 83.7 Å². The number of nitrogens with zero attached hydrogens (tertiary/aromatic N) is 1. The van der Waals surface area contributed by atoms with Gasteiger partial charge in [0.25, 0.3) is 5.56 Å². The van der Waals surface area contributed by atoms with Gasteiger partial charge in [0, 0.05) is 11.8 Å². The molecule has 0 radical (unpaired) electrons. The molecule has 2 N–H and O–H groups in total. The molecule has 3 aromatic rings. The van der Waals surface area contributed by atoms with E-state index in [1.165, 1.54) is 0 Å². The third kappa shape index (κ3) is 1.10. The van der Waals surface area contributed by atoms with Gasteiger partial charge < -0.3 is 9.40 Å². The Bertz CT molecular complexity index is 649. The number of H-pyrrole nitrogens is 2. The highest BCUT2D eigenvalue weighted by Crippen LogP contribution is 2.23. The summed E-state index contributed by atoms with van der Waals surface area (Å²) in [6.45, 7) is 0. The summed E-state index contributed by atoms with van der Waals surface area (Å²) >= 11 is 0. The van der Waals surface area contributed by atoms with Crippen molar-refractivity contribution in [2.45, 2.75) is 0 Å². The maximum Gasteiger partial charge on any atom is 0.259 e. The molecular weight excluding hydrogens is 194 g/mol. The van der Waals surface area contributed by atoms with Crippen LogP contribution in [-0.2, 0) is 0 Å².